The van der Waals surface area contributed by atoms with Crippen LogP contribution in [0.3, 0.4) is 0 Å². The Balaban J connectivity index is 2.65. The molecule has 0 aromatic heterocycles. The summed E-state index contributed by atoms with van der Waals surface area (Å²) in [6, 6.07) is 8.00. The zero-order valence-electron chi connectivity index (χ0n) is 11.0. The molecule has 1 rings (SSSR count). The standard InChI is InChI=1S/C14H23NO2/c1-4-14(2,9-10-16)15-11-12-7-5-6-8-13(12)17-3/h5-8,15-16H,4,9-11H2,1-3H3. The number of benzene rings is 1. The molecular weight excluding hydrogens is 214 g/mol. The van der Waals surface area contributed by atoms with E-state index in [1.807, 2.05) is 18.2 Å². The lowest BCUT2D eigenvalue weighted by molar-refractivity contribution is 0.214. The third kappa shape index (κ3) is 4.02. The highest BCUT2D eigenvalue weighted by Gasteiger charge is 2.20. The molecule has 0 saturated carbocycles. The second-order valence-corrected chi connectivity index (χ2v) is 4.55. The molecule has 3 heteroatoms. The van der Waals surface area contributed by atoms with Gasteiger partial charge >= 0.3 is 0 Å². The highest BCUT2D eigenvalue weighted by molar-refractivity contribution is 5.33. The van der Waals surface area contributed by atoms with E-state index in [9.17, 15) is 0 Å². The molecular formula is C14H23NO2. The summed E-state index contributed by atoms with van der Waals surface area (Å²) in [6.07, 6.45) is 1.75. The van der Waals surface area contributed by atoms with Crippen LogP contribution in [0.2, 0.25) is 0 Å². The highest BCUT2D eigenvalue weighted by atomic mass is 16.5. The molecule has 0 amide bonds. The minimum atomic E-state index is -0.0183. The van der Waals surface area contributed by atoms with Crippen molar-refractivity contribution in [2.45, 2.75) is 38.8 Å². The van der Waals surface area contributed by atoms with Gasteiger partial charge in [0.2, 0.25) is 0 Å². The zero-order chi connectivity index (χ0) is 12.7. The van der Waals surface area contributed by atoms with E-state index in [4.69, 9.17) is 9.84 Å². The summed E-state index contributed by atoms with van der Waals surface area (Å²) in [5.74, 6) is 0.905. The van der Waals surface area contributed by atoms with Crippen molar-refractivity contribution in [2.75, 3.05) is 13.7 Å². The van der Waals surface area contributed by atoms with Crippen molar-refractivity contribution in [2.24, 2.45) is 0 Å². The molecule has 2 N–H and O–H groups in total. The van der Waals surface area contributed by atoms with Crippen molar-refractivity contribution >= 4 is 0 Å². The molecule has 0 bridgehead atoms. The van der Waals surface area contributed by atoms with Gasteiger partial charge in [-0.05, 0) is 25.8 Å². The van der Waals surface area contributed by atoms with E-state index in [-0.39, 0.29) is 12.1 Å². The summed E-state index contributed by atoms with van der Waals surface area (Å²) in [6.45, 7) is 5.24. The van der Waals surface area contributed by atoms with E-state index in [1.54, 1.807) is 7.11 Å². The first kappa shape index (κ1) is 14.0. The molecule has 1 aromatic rings. The Kier molecular flexibility index (Phi) is 5.45. The lowest BCUT2D eigenvalue weighted by atomic mass is 9.94. The SMILES string of the molecule is CCC(C)(CCO)NCc1ccccc1OC. The Morgan fingerprint density at radius 1 is 1.35 bits per heavy atom. The van der Waals surface area contributed by atoms with Gasteiger partial charge in [-0.15, -0.1) is 0 Å². The predicted octanol–water partition coefficient (Wildman–Crippen LogP) is 2.34. The Labute approximate surface area is 104 Å². The summed E-state index contributed by atoms with van der Waals surface area (Å²) in [5.41, 5.74) is 1.13. The smallest absolute Gasteiger partial charge is 0.123 e. The lowest BCUT2D eigenvalue weighted by Crippen LogP contribution is -2.42. The van der Waals surface area contributed by atoms with Crippen LogP contribution in [0.25, 0.3) is 0 Å². The van der Waals surface area contributed by atoms with Crippen molar-refractivity contribution in [3.05, 3.63) is 29.8 Å². The molecule has 0 radical (unpaired) electrons. The normalized spacial score (nSPS) is 14.4. The van der Waals surface area contributed by atoms with Gasteiger partial charge < -0.3 is 15.2 Å². The average molecular weight is 237 g/mol. The Bertz CT molecular complexity index is 341. The monoisotopic (exact) mass is 237 g/mol. The maximum absolute atomic E-state index is 9.07. The number of ether oxygens (including phenoxy) is 1. The molecule has 96 valence electrons. The Morgan fingerprint density at radius 2 is 2.06 bits per heavy atom. The van der Waals surface area contributed by atoms with E-state index in [1.165, 1.54) is 0 Å². The van der Waals surface area contributed by atoms with Gasteiger partial charge in [0.1, 0.15) is 5.75 Å². The van der Waals surface area contributed by atoms with Crippen LogP contribution >= 0.6 is 0 Å². The van der Waals surface area contributed by atoms with E-state index in [0.717, 1.165) is 30.7 Å². The fourth-order valence-corrected chi connectivity index (χ4v) is 1.79. The molecule has 1 atom stereocenters. The molecule has 0 saturated heterocycles. The number of hydrogen-bond donors (Lipinski definition) is 2. The van der Waals surface area contributed by atoms with Gasteiger partial charge in [-0.25, -0.2) is 0 Å². The van der Waals surface area contributed by atoms with E-state index < -0.39 is 0 Å². The van der Waals surface area contributed by atoms with Gasteiger partial charge in [-0.1, -0.05) is 25.1 Å². The molecule has 0 spiro atoms. The summed E-state index contributed by atoms with van der Waals surface area (Å²) < 4.78 is 5.31. The number of rotatable bonds is 7. The summed E-state index contributed by atoms with van der Waals surface area (Å²) >= 11 is 0. The average Bonchev–Trinajstić information content (AvgIpc) is 2.37. The topological polar surface area (TPSA) is 41.5 Å². The van der Waals surface area contributed by atoms with Crippen molar-refractivity contribution in [1.29, 1.82) is 0 Å². The van der Waals surface area contributed by atoms with Crippen LogP contribution in [0.15, 0.2) is 24.3 Å². The second kappa shape index (κ2) is 6.62. The van der Waals surface area contributed by atoms with Gasteiger partial charge in [-0.3, -0.25) is 0 Å². The molecule has 1 aromatic carbocycles. The van der Waals surface area contributed by atoms with Crippen LogP contribution in [0, 0.1) is 0 Å². The molecule has 1 unspecified atom stereocenters. The first-order valence-corrected chi connectivity index (χ1v) is 6.13. The first-order valence-electron chi connectivity index (χ1n) is 6.13. The van der Waals surface area contributed by atoms with E-state index in [2.05, 4.69) is 25.2 Å². The molecule has 0 aliphatic rings. The molecule has 0 fully saturated rings. The maximum Gasteiger partial charge on any atom is 0.123 e. The minimum absolute atomic E-state index is 0.0183. The van der Waals surface area contributed by atoms with Crippen molar-refractivity contribution < 1.29 is 9.84 Å². The summed E-state index contributed by atoms with van der Waals surface area (Å²) in [4.78, 5) is 0. The molecule has 17 heavy (non-hydrogen) atoms. The van der Waals surface area contributed by atoms with Crippen LogP contribution in [-0.2, 0) is 6.54 Å². The van der Waals surface area contributed by atoms with Gasteiger partial charge in [-0.2, -0.15) is 0 Å². The zero-order valence-corrected chi connectivity index (χ0v) is 11.0. The van der Waals surface area contributed by atoms with Gasteiger partial charge in [0.25, 0.3) is 0 Å². The first-order chi connectivity index (χ1) is 8.15. The fourth-order valence-electron chi connectivity index (χ4n) is 1.79. The second-order valence-electron chi connectivity index (χ2n) is 4.55. The molecule has 0 aliphatic heterocycles. The van der Waals surface area contributed by atoms with Gasteiger partial charge in [0.05, 0.1) is 7.11 Å². The summed E-state index contributed by atoms with van der Waals surface area (Å²) in [5, 5.41) is 12.6. The van der Waals surface area contributed by atoms with Crippen molar-refractivity contribution in [3.8, 4) is 5.75 Å². The largest absolute Gasteiger partial charge is 0.496 e. The molecule has 0 aliphatic carbocycles. The van der Waals surface area contributed by atoms with Gasteiger partial charge in [0.15, 0.2) is 0 Å². The van der Waals surface area contributed by atoms with E-state index >= 15 is 0 Å². The maximum atomic E-state index is 9.07. The van der Waals surface area contributed by atoms with Crippen LogP contribution in [-0.4, -0.2) is 24.4 Å². The highest BCUT2D eigenvalue weighted by Crippen LogP contribution is 2.20. The minimum Gasteiger partial charge on any atom is -0.496 e. The number of para-hydroxylation sites is 1. The van der Waals surface area contributed by atoms with Crippen molar-refractivity contribution in [1.82, 2.24) is 5.32 Å². The molecule has 0 heterocycles. The summed E-state index contributed by atoms with van der Waals surface area (Å²) in [7, 11) is 1.69. The van der Waals surface area contributed by atoms with Gasteiger partial charge in [0, 0.05) is 24.3 Å². The van der Waals surface area contributed by atoms with Crippen LogP contribution < -0.4 is 10.1 Å². The predicted molar refractivity (Wildman–Crippen MR) is 70.2 cm³/mol. The third-order valence-electron chi connectivity index (χ3n) is 3.34. The van der Waals surface area contributed by atoms with Crippen LogP contribution in [0.1, 0.15) is 32.3 Å². The number of nitrogens with one attached hydrogen (secondary N) is 1. The lowest BCUT2D eigenvalue weighted by Gasteiger charge is -2.29. The Hall–Kier alpha value is -1.06. The number of aliphatic hydroxyl groups is 1. The van der Waals surface area contributed by atoms with E-state index in [0.29, 0.717) is 0 Å². The number of hydrogen-bond acceptors (Lipinski definition) is 3. The fraction of sp³-hybridized carbons (Fsp3) is 0.571. The molecule has 3 nitrogen and oxygen atoms in total. The Morgan fingerprint density at radius 3 is 2.65 bits per heavy atom. The third-order valence-corrected chi connectivity index (χ3v) is 3.34. The quantitative estimate of drug-likeness (QED) is 0.765. The number of aliphatic hydroxyl groups excluding tert-OH is 1. The number of methoxy groups -OCH3 is 1. The van der Waals surface area contributed by atoms with Crippen molar-refractivity contribution in [3.63, 3.8) is 0 Å². The van der Waals surface area contributed by atoms with Crippen LogP contribution in [0.4, 0.5) is 0 Å². The van der Waals surface area contributed by atoms with Crippen LogP contribution in [0.5, 0.6) is 5.75 Å².